The summed E-state index contributed by atoms with van der Waals surface area (Å²) in [6, 6.07) is 8.70. The maximum Gasteiger partial charge on any atom is 0.252 e. The fraction of sp³-hybridized carbons (Fsp3) is 0.615. The highest BCUT2D eigenvalue weighted by Gasteiger charge is 2.36. The molecule has 1 N–H and O–H groups in total. The van der Waals surface area contributed by atoms with E-state index in [0.717, 1.165) is 60.1 Å². The van der Waals surface area contributed by atoms with Crippen molar-refractivity contribution < 1.29 is 4.74 Å². The van der Waals surface area contributed by atoms with E-state index in [9.17, 15) is 4.79 Å². The third-order valence-electron chi connectivity index (χ3n) is 7.44. The van der Waals surface area contributed by atoms with Crippen LogP contribution in [0.3, 0.4) is 0 Å². The van der Waals surface area contributed by atoms with Crippen LogP contribution in [0.5, 0.6) is 0 Å². The first-order chi connectivity index (χ1) is 16.5. The zero-order valence-electron chi connectivity index (χ0n) is 20.5. The summed E-state index contributed by atoms with van der Waals surface area (Å²) in [5.74, 6) is 1.17. The fourth-order valence-electron chi connectivity index (χ4n) is 5.73. The van der Waals surface area contributed by atoms with E-state index < -0.39 is 0 Å². The lowest BCUT2D eigenvalue weighted by atomic mass is 9.97. The second-order valence-corrected chi connectivity index (χ2v) is 10.4. The molecule has 1 saturated carbocycles. The van der Waals surface area contributed by atoms with Crippen LogP contribution >= 0.6 is 0 Å². The third-order valence-corrected chi connectivity index (χ3v) is 7.44. The lowest BCUT2D eigenvalue weighted by molar-refractivity contribution is 0.0718. The van der Waals surface area contributed by atoms with E-state index in [-0.39, 0.29) is 23.6 Å². The number of rotatable bonds is 8. The summed E-state index contributed by atoms with van der Waals surface area (Å²) in [4.78, 5) is 18.7. The number of hydrogen-bond acceptors (Lipinski definition) is 6. The number of pyridine rings is 1. The van der Waals surface area contributed by atoms with Crippen LogP contribution in [0.1, 0.15) is 75.4 Å². The number of benzene rings is 1. The Balaban J connectivity index is 1.50. The molecule has 0 spiro atoms. The van der Waals surface area contributed by atoms with Gasteiger partial charge in [-0.2, -0.15) is 0 Å². The van der Waals surface area contributed by atoms with Gasteiger partial charge in [-0.3, -0.25) is 9.69 Å². The number of aromatic amines is 1. The molecular formula is C26H36N6O2. The van der Waals surface area contributed by atoms with Crippen LogP contribution in [0.25, 0.3) is 10.9 Å². The van der Waals surface area contributed by atoms with Gasteiger partial charge in [-0.1, -0.05) is 38.8 Å². The average Bonchev–Trinajstić information content (AvgIpc) is 3.58. The molecule has 3 aromatic rings. The Hall–Kier alpha value is -2.58. The van der Waals surface area contributed by atoms with Crippen molar-refractivity contribution in [2.24, 2.45) is 5.92 Å². The number of ether oxygens (including phenoxy) is 1. The minimum Gasteiger partial charge on any atom is -0.376 e. The van der Waals surface area contributed by atoms with E-state index in [2.05, 4.69) is 57.5 Å². The molecule has 2 aromatic heterocycles. The fourth-order valence-corrected chi connectivity index (χ4v) is 5.73. The van der Waals surface area contributed by atoms with E-state index in [1.165, 1.54) is 12.8 Å². The Morgan fingerprint density at radius 3 is 2.74 bits per heavy atom. The van der Waals surface area contributed by atoms with Crippen LogP contribution in [0.4, 0.5) is 0 Å². The molecule has 1 saturated heterocycles. The molecule has 0 unspecified atom stereocenters. The Bertz CT molecular complexity index is 1170. The van der Waals surface area contributed by atoms with Gasteiger partial charge in [0.2, 0.25) is 0 Å². The topological polar surface area (TPSA) is 88.9 Å². The Labute approximate surface area is 200 Å². The van der Waals surface area contributed by atoms with E-state index in [1.807, 2.05) is 17.7 Å². The van der Waals surface area contributed by atoms with Gasteiger partial charge < -0.3 is 9.72 Å². The first-order valence-electron chi connectivity index (χ1n) is 12.8. The predicted octanol–water partition coefficient (Wildman–Crippen LogP) is 4.14. The van der Waals surface area contributed by atoms with Crippen LogP contribution in [0, 0.1) is 12.8 Å². The standard InChI is InChI=1S/C26H36N6O2/c1-17(2)24(25-28-29-30-32(25)16-22-9-6-12-34-22)31(21-7-4-5-8-21)15-20-14-19-11-10-18(3)13-23(19)27-26(20)33/h10-11,13-14,17,21-22,24H,4-9,12,15-16H2,1-3H3,(H,27,33)/t22-,24-/m0/s1. The average molecular weight is 465 g/mol. The molecule has 8 nitrogen and oxygen atoms in total. The SMILES string of the molecule is Cc1ccc2cc(CN(C3CCCC3)[C@H](c3nnnn3C[C@@H]3CCCO3)C(C)C)c(=O)[nH]c2c1. The van der Waals surface area contributed by atoms with Crippen LogP contribution < -0.4 is 5.56 Å². The molecule has 1 aromatic carbocycles. The maximum atomic E-state index is 13.1. The van der Waals surface area contributed by atoms with E-state index >= 15 is 0 Å². The van der Waals surface area contributed by atoms with Gasteiger partial charge in [0.25, 0.3) is 5.56 Å². The number of fused-ring (bicyclic) bond motifs is 1. The molecule has 182 valence electrons. The zero-order valence-corrected chi connectivity index (χ0v) is 20.5. The maximum absolute atomic E-state index is 13.1. The Morgan fingerprint density at radius 2 is 2.00 bits per heavy atom. The van der Waals surface area contributed by atoms with E-state index in [1.54, 1.807) is 0 Å². The molecule has 0 radical (unpaired) electrons. The van der Waals surface area contributed by atoms with Gasteiger partial charge >= 0.3 is 0 Å². The summed E-state index contributed by atoms with van der Waals surface area (Å²) in [6.07, 6.45) is 7.03. The number of nitrogens with zero attached hydrogens (tertiary/aromatic N) is 5. The Morgan fingerprint density at radius 1 is 1.18 bits per heavy atom. The summed E-state index contributed by atoms with van der Waals surface area (Å²) in [5.41, 5.74) is 2.82. The minimum absolute atomic E-state index is 0.0115. The lowest BCUT2D eigenvalue weighted by Crippen LogP contribution is -2.41. The van der Waals surface area contributed by atoms with Crippen molar-refractivity contribution in [3.63, 3.8) is 0 Å². The van der Waals surface area contributed by atoms with Gasteiger partial charge in [-0.25, -0.2) is 4.68 Å². The van der Waals surface area contributed by atoms with Gasteiger partial charge in [-0.15, -0.1) is 5.10 Å². The normalized spacial score (nSPS) is 20.2. The number of tetrazole rings is 1. The molecule has 5 rings (SSSR count). The number of hydrogen-bond donors (Lipinski definition) is 1. The number of nitrogens with one attached hydrogen (secondary N) is 1. The van der Waals surface area contributed by atoms with Gasteiger partial charge in [0.05, 0.1) is 18.7 Å². The minimum atomic E-state index is -0.0115. The first kappa shape index (κ1) is 23.2. The Kier molecular flexibility index (Phi) is 6.79. The molecule has 34 heavy (non-hydrogen) atoms. The smallest absolute Gasteiger partial charge is 0.252 e. The molecule has 2 atom stereocenters. The van der Waals surface area contributed by atoms with Crippen molar-refractivity contribution >= 4 is 10.9 Å². The van der Waals surface area contributed by atoms with Crippen molar-refractivity contribution in [2.45, 2.75) is 90.6 Å². The van der Waals surface area contributed by atoms with Crippen LogP contribution in [0.15, 0.2) is 29.1 Å². The van der Waals surface area contributed by atoms with Gasteiger partial charge in [0.15, 0.2) is 5.82 Å². The zero-order chi connectivity index (χ0) is 23.7. The molecule has 3 heterocycles. The van der Waals surface area contributed by atoms with Crippen LogP contribution in [0.2, 0.25) is 0 Å². The molecule has 1 aliphatic heterocycles. The number of aryl methyl sites for hydroxylation is 1. The highest BCUT2D eigenvalue weighted by atomic mass is 16.5. The summed E-state index contributed by atoms with van der Waals surface area (Å²) in [5, 5.41) is 14.0. The van der Waals surface area contributed by atoms with Crippen molar-refractivity contribution in [3.8, 4) is 0 Å². The van der Waals surface area contributed by atoms with E-state index in [4.69, 9.17) is 4.74 Å². The molecule has 2 fully saturated rings. The molecule has 0 amide bonds. The van der Waals surface area contributed by atoms with Crippen molar-refractivity contribution in [2.75, 3.05) is 6.61 Å². The largest absolute Gasteiger partial charge is 0.376 e. The van der Waals surface area contributed by atoms with Crippen molar-refractivity contribution in [1.29, 1.82) is 0 Å². The first-order valence-corrected chi connectivity index (χ1v) is 12.8. The molecule has 0 bridgehead atoms. The second kappa shape index (κ2) is 9.96. The summed E-state index contributed by atoms with van der Waals surface area (Å²) < 4.78 is 7.81. The van der Waals surface area contributed by atoms with Crippen LogP contribution in [-0.4, -0.2) is 48.8 Å². The highest BCUT2D eigenvalue weighted by Crippen LogP contribution is 2.36. The summed E-state index contributed by atoms with van der Waals surface area (Å²) >= 11 is 0. The highest BCUT2D eigenvalue weighted by molar-refractivity contribution is 5.79. The second-order valence-electron chi connectivity index (χ2n) is 10.4. The van der Waals surface area contributed by atoms with Crippen LogP contribution in [-0.2, 0) is 17.8 Å². The third kappa shape index (κ3) is 4.79. The molecule has 1 aliphatic carbocycles. The monoisotopic (exact) mass is 464 g/mol. The van der Waals surface area contributed by atoms with E-state index in [0.29, 0.717) is 19.1 Å². The number of aromatic nitrogens is 5. The molecular weight excluding hydrogens is 428 g/mol. The van der Waals surface area contributed by atoms with Gasteiger partial charge in [-0.05, 0) is 72.0 Å². The quantitative estimate of drug-likeness (QED) is 0.539. The summed E-state index contributed by atoms with van der Waals surface area (Å²) in [6.45, 7) is 8.57. The van der Waals surface area contributed by atoms with Gasteiger partial charge in [0, 0.05) is 30.3 Å². The molecule has 2 aliphatic rings. The lowest BCUT2D eigenvalue weighted by Gasteiger charge is -2.38. The summed E-state index contributed by atoms with van der Waals surface area (Å²) in [7, 11) is 0. The van der Waals surface area contributed by atoms with Crippen molar-refractivity contribution in [3.05, 3.63) is 51.6 Å². The molecule has 8 heteroatoms. The van der Waals surface area contributed by atoms with Crippen molar-refractivity contribution in [1.82, 2.24) is 30.1 Å². The predicted molar refractivity (Wildman–Crippen MR) is 131 cm³/mol. The number of H-pyrrole nitrogens is 1. The van der Waals surface area contributed by atoms with Gasteiger partial charge in [0.1, 0.15) is 0 Å².